The minimum atomic E-state index is -4.46. The average molecular weight is 285 g/mol. The lowest BCUT2D eigenvalue weighted by Crippen LogP contribution is -2.45. The van der Waals surface area contributed by atoms with E-state index < -0.39 is 30.8 Å². The molecule has 0 saturated carbocycles. The third kappa shape index (κ3) is 9.72. The Labute approximate surface area is 111 Å². The average Bonchev–Trinajstić information content (AvgIpc) is 2.21. The second kappa shape index (κ2) is 7.09. The first-order valence-corrected chi connectivity index (χ1v) is 6.04. The Balaban J connectivity index is 4.26. The molecule has 0 aliphatic rings. The molecule has 7 heteroatoms. The minimum Gasteiger partial charge on any atom is -0.394 e. The highest BCUT2D eigenvalue weighted by atomic mass is 19.4. The van der Waals surface area contributed by atoms with Crippen LogP contribution in [-0.2, 0) is 9.53 Å². The Morgan fingerprint density at radius 3 is 2.21 bits per heavy atom. The van der Waals surface area contributed by atoms with Crippen molar-refractivity contribution < 1.29 is 27.8 Å². The summed E-state index contributed by atoms with van der Waals surface area (Å²) in [5.41, 5.74) is -0.114. The summed E-state index contributed by atoms with van der Waals surface area (Å²) in [4.78, 5) is 11.6. The van der Waals surface area contributed by atoms with Crippen molar-refractivity contribution in [1.82, 2.24) is 5.32 Å². The molecule has 2 atom stereocenters. The summed E-state index contributed by atoms with van der Waals surface area (Å²) in [6.07, 6.45) is -5.16. The zero-order chi connectivity index (χ0) is 15.3. The van der Waals surface area contributed by atoms with Crippen LogP contribution >= 0.6 is 0 Å². The molecule has 0 aliphatic heterocycles. The Morgan fingerprint density at radius 1 is 1.32 bits per heavy atom. The smallest absolute Gasteiger partial charge is 0.394 e. The fourth-order valence-electron chi connectivity index (χ4n) is 1.51. The normalized spacial score (nSPS) is 16.0. The molecule has 0 spiro atoms. The van der Waals surface area contributed by atoms with E-state index in [1.807, 2.05) is 20.8 Å². The summed E-state index contributed by atoms with van der Waals surface area (Å²) in [5.74, 6) is -0.660. The van der Waals surface area contributed by atoms with E-state index in [0.717, 1.165) is 0 Å². The monoisotopic (exact) mass is 285 g/mol. The molecular formula is C12H22F3NO3. The zero-order valence-electron chi connectivity index (χ0n) is 11.7. The van der Waals surface area contributed by atoms with Crippen LogP contribution in [0, 0.1) is 5.41 Å². The predicted molar refractivity (Wildman–Crippen MR) is 64.6 cm³/mol. The van der Waals surface area contributed by atoms with Crippen molar-refractivity contribution in [2.45, 2.75) is 52.4 Å². The SMILES string of the molecule is CC(OCC(F)(F)F)C(=O)NC(CO)CC(C)(C)C. The number of carbonyl (C=O) groups is 1. The van der Waals surface area contributed by atoms with Crippen LogP contribution in [0.3, 0.4) is 0 Å². The lowest BCUT2D eigenvalue weighted by atomic mass is 9.88. The van der Waals surface area contributed by atoms with Crippen molar-refractivity contribution in [2.24, 2.45) is 5.41 Å². The maximum Gasteiger partial charge on any atom is 0.411 e. The number of halogens is 3. The second-order valence-electron chi connectivity index (χ2n) is 5.72. The molecule has 0 rings (SSSR count). The predicted octanol–water partition coefficient (Wildman–Crippen LogP) is 1.87. The van der Waals surface area contributed by atoms with Crippen LogP contribution in [0.1, 0.15) is 34.1 Å². The third-order valence-corrected chi connectivity index (χ3v) is 2.29. The molecule has 114 valence electrons. The lowest BCUT2D eigenvalue weighted by molar-refractivity contribution is -0.185. The molecule has 0 fully saturated rings. The third-order valence-electron chi connectivity index (χ3n) is 2.29. The topological polar surface area (TPSA) is 58.6 Å². The minimum absolute atomic E-state index is 0.114. The van der Waals surface area contributed by atoms with Gasteiger partial charge in [-0.3, -0.25) is 4.79 Å². The van der Waals surface area contributed by atoms with Crippen LogP contribution < -0.4 is 5.32 Å². The van der Waals surface area contributed by atoms with Gasteiger partial charge in [-0.1, -0.05) is 20.8 Å². The highest BCUT2D eigenvalue weighted by molar-refractivity contribution is 5.80. The van der Waals surface area contributed by atoms with Crippen molar-refractivity contribution in [2.75, 3.05) is 13.2 Å². The van der Waals surface area contributed by atoms with Gasteiger partial charge in [-0.25, -0.2) is 0 Å². The summed E-state index contributed by atoms with van der Waals surface area (Å²) in [6, 6.07) is -0.496. The fraction of sp³-hybridized carbons (Fsp3) is 0.917. The number of hydrogen-bond acceptors (Lipinski definition) is 3. The molecule has 0 heterocycles. The largest absolute Gasteiger partial charge is 0.411 e. The molecule has 0 saturated heterocycles. The number of nitrogens with one attached hydrogen (secondary N) is 1. The van der Waals surface area contributed by atoms with E-state index in [1.54, 1.807) is 0 Å². The first-order valence-electron chi connectivity index (χ1n) is 6.04. The summed E-state index contributed by atoms with van der Waals surface area (Å²) >= 11 is 0. The summed E-state index contributed by atoms with van der Waals surface area (Å²) in [6.45, 7) is 5.31. The number of hydrogen-bond donors (Lipinski definition) is 2. The van der Waals surface area contributed by atoms with Gasteiger partial charge in [0.2, 0.25) is 5.91 Å². The van der Waals surface area contributed by atoms with Crippen molar-refractivity contribution in [3.8, 4) is 0 Å². The van der Waals surface area contributed by atoms with Crippen LogP contribution in [0.4, 0.5) is 13.2 Å². The van der Waals surface area contributed by atoms with Crippen molar-refractivity contribution in [3.63, 3.8) is 0 Å². The standard InChI is InChI=1S/C12H22F3NO3/c1-8(19-7-12(13,14)15)10(18)16-9(6-17)5-11(2,3)4/h8-9,17H,5-7H2,1-4H3,(H,16,18). The summed E-state index contributed by atoms with van der Waals surface area (Å²) in [5, 5.41) is 11.6. The van der Waals surface area contributed by atoms with Gasteiger partial charge in [0.05, 0.1) is 12.6 Å². The van der Waals surface area contributed by atoms with E-state index in [9.17, 15) is 18.0 Å². The Morgan fingerprint density at radius 2 is 1.84 bits per heavy atom. The Kier molecular flexibility index (Phi) is 6.79. The lowest BCUT2D eigenvalue weighted by Gasteiger charge is -2.26. The molecular weight excluding hydrogens is 263 g/mol. The molecule has 1 amide bonds. The molecule has 0 aromatic carbocycles. The maximum atomic E-state index is 11.9. The van der Waals surface area contributed by atoms with Crippen LogP contribution in [0.15, 0.2) is 0 Å². The Hall–Kier alpha value is -0.820. The van der Waals surface area contributed by atoms with E-state index in [0.29, 0.717) is 6.42 Å². The second-order valence-corrected chi connectivity index (χ2v) is 5.72. The maximum absolute atomic E-state index is 11.9. The van der Waals surface area contributed by atoms with Crippen molar-refractivity contribution in [3.05, 3.63) is 0 Å². The number of carbonyl (C=O) groups excluding carboxylic acids is 1. The summed E-state index contributed by atoms with van der Waals surface area (Å²) in [7, 11) is 0. The van der Waals surface area contributed by atoms with Crippen LogP contribution in [0.25, 0.3) is 0 Å². The highest BCUT2D eigenvalue weighted by Crippen LogP contribution is 2.21. The van der Waals surface area contributed by atoms with Gasteiger partial charge in [-0.05, 0) is 18.8 Å². The van der Waals surface area contributed by atoms with Gasteiger partial charge in [0.1, 0.15) is 12.7 Å². The molecule has 4 nitrogen and oxygen atoms in total. The van der Waals surface area contributed by atoms with Crippen LogP contribution in [-0.4, -0.2) is 42.5 Å². The van der Waals surface area contributed by atoms with Crippen LogP contribution in [0.5, 0.6) is 0 Å². The number of aliphatic hydroxyl groups excluding tert-OH is 1. The first kappa shape index (κ1) is 18.2. The molecule has 0 radical (unpaired) electrons. The van der Waals surface area contributed by atoms with Gasteiger partial charge in [0, 0.05) is 0 Å². The van der Waals surface area contributed by atoms with E-state index >= 15 is 0 Å². The van der Waals surface area contributed by atoms with E-state index in [4.69, 9.17) is 5.11 Å². The quantitative estimate of drug-likeness (QED) is 0.783. The number of amides is 1. The van der Waals surface area contributed by atoms with Gasteiger partial charge < -0.3 is 15.2 Å². The Bertz CT molecular complexity index is 287. The van der Waals surface area contributed by atoms with Crippen molar-refractivity contribution >= 4 is 5.91 Å². The van der Waals surface area contributed by atoms with Gasteiger partial charge in [-0.15, -0.1) is 0 Å². The van der Waals surface area contributed by atoms with Crippen LogP contribution in [0.2, 0.25) is 0 Å². The fourth-order valence-corrected chi connectivity index (χ4v) is 1.51. The molecule has 0 bridgehead atoms. The molecule has 0 aromatic rings. The molecule has 0 aromatic heterocycles. The number of aliphatic hydroxyl groups is 1. The van der Waals surface area contributed by atoms with E-state index in [1.165, 1.54) is 6.92 Å². The molecule has 0 aliphatic carbocycles. The van der Waals surface area contributed by atoms with Gasteiger partial charge in [0.25, 0.3) is 0 Å². The number of rotatable bonds is 6. The molecule has 2 N–H and O–H groups in total. The van der Waals surface area contributed by atoms with Gasteiger partial charge in [-0.2, -0.15) is 13.2 Å². The molecule has 19 heavy (non-hydrogen) atoms. The van der Waals surface area contributed by atoms with Gasteiger partial charge >= 0.3 is 6.18 Å². The number of ether oxygens (including phenoxy) is 1. The van der Waals surface area contributed by atoms with E-state index in [2.05, 4.69) is 10.1 Å². The first-order chi connectivity index (χ1) is 8.44. The highest BCUT2D eigenvalue weighted by Gasteiger charge is 2.30. The molecule has 2 unspecified atom stereocenters. The van der Waals surface area contributed by atoms with Gasteiger partial charge in [0.15, 0.2) is 0 Å². The number of alkyl halides is 3. The summed E-state index contributed by atoms with van der Waals surface area (Å²) < 4.78 is 40.2. The van der Waals surface area contributed by atoms with E-state index in [-0.39, 0.29) is 12.0 Å². The zero-order valence-corrected chi connectivity index (χ0v) is 11.7. The van der Waals surface area contributed by atoms with Crippen molar-refractivity contribution in [1.29, 1.82) is 0 Å².